The summed E-state index contributed by atoms with van der Waals surface area (Å²) in [5, 5.41) is 10.7. The minimum atomic E-state index is -3.89. The van der Waals surface area contributed by atoms with E-state index in [1.807, 2.05) is 17.0 Å². The molecule has 1 fully saturated rings. The van der Waals surface area contributed by atoms with E-state index >= 15 is 0 Å². The molecule has 0 aromatic heterocycles. The Morgan fingerprint density at radius 2 is 1.77 bits per heavy atom. The number of halogens is 1. The Bertz CT molecular complexity index is 912. The molecular formula is C16H16BrN3O5S. The Labute approximate surface area is 159 Å². The van der Waals surface area contributed by atoms with Crippen LogP contribution in [0.2, 0.25) is 0 Å². The molecule has 3 rings (SSSR count). The van der Waals surface area contributed by atoms with Gasteiger partial charge in [-0.05, 0) is 30.3 Å². The van der Waals surface area contributed by atoms with Gasteiger partial charge in [0.2, 0.25) is 0 Å². The second kappa shape index (κ2) is 7.60. The number of sulfonamides is 1. The van der Waals surface area contributed by atoms with Crippen LogP contribution >= 0.6 is 15.9 Å². The normalized spacial score (nSPS) is 14.9. The van der Waals surface area contributed by atoms with Crippen molar-refractivity contribution in [3.05, 3.63) is 57.1 Å². The Balaban J connectivity index is 1.91. The smallest absolute Gasteiger partial charge is 0.269 e. The van der Waals surface area contributed by atoms with Crippen molar-refractivity contribution in [1.82, 2.24) is 0 Å². The Morgan fingerprint density at radius 3 is 2.38 bits per heavy atom. The molecule has 1 N–H and O–H groups in total. The molecule has 0 bridgehead atoms. The van der Waals surface area contributed by atoms with Crippen LogP contribution in [0, 0.1) is 10.1 Å². The number of hydrogen-bond acceptors (Lipinski definition) is 6. The van der Waals surface area contributed by atoms with Crippen LogP contribution in [0.3, 0.4) is 0 Å². The van der Waals surface area contributed by atoms with Crippen molar-refractivity contribution < 1.29 is 18.1 Å². The summed E-state index contributed by atoms with van der Waals surface area (Å²) in [5.74, 6) is 0. The molecule has 0 aliphatic carbocycles. The van der Waals surface area contributed by atoms with Crippen molar-refractivity contribution >= 4 is 43.0 Å². The second-order valence-corrected chi connectivity index (χ2v) is 8.22. The quantitative estimate of drug-likeness (QED) is 0.564. The van der Waals surface area contributed by atoms with E-state index in [1.54, 1.807) is 6.07 Å². The van der Waals surface area contributed by atoms with Gasteiger partial charge in [-0.25, -0.2) is 8.42 Å². The van der Waals surface area contributed by atoms with Crippen LogP contribution in [-0.2, 0) is 14.8 Å². The van der Waals surface area contributed by atoms with Gasteiger partial charge in [-0.3, -0.25) is 14.8 Å². The van der Waals surface area contributed by atoms with Gasteiger partial charge in [0, 0.05) is 29.7 Å². The maximum absolute atomic E-state index is 12.7. The first kappa shape index (κ1) is 18.6. The highest BCUT2D eigenvalue weighted by Gasteiger charge is 2.21. The molecule has 8 nitrogen and oxygen atoms in total. The third-order valence-corrected chi connectivity index (χ3v) is 5.79. The van der Waals surface area contributed by atoms with Gasteiger partial charge in [-0.2, -0.15) is 0 Å². The molecule has 138 valence electrons. The topological polar surface area (TPSA) is 102 Å². The number of benzene rings is 2. The Hall–Kier alpha value is -2.17. The van der Waals surface area contributed by atoms with Crippen molar-refractivity contribution in [2.75, 3.05) is 35.9 Å². The van der Waals surface area contributed by atoms with Crippen LogP contribution in [0.25, 0.3) is 0 Å². The second-order valence-electron chi connectivity index (χ2n) is 5.62. The maximum atomic E-state index is 12.7. The lowest BCUT2D eigenvalue weighted by atomic mass is 10.2. The van der Waals surface area contributed by atoms with Crippen LogP contribution < -0.4 is 9.62 Å². The van der Waals surface area contributed by atoms with Crippen LogP contribution in [0.1, 0.15) is 0 Å². The number of nitrogens with one attached hydrogen (secondary N) is 1. The van der Waals surface area contributed by atoms with Gasteiger partial charge in [0.25, 0.3) is 15.7 Å². The minimum Gasteiger partial charge on any atom is -0.378 e. The number of ether oxygens (including phenoxy) is 1. The van der Waals surface area contributed by atoms with Crippen molar-refractivity contribution in [3.8, 4) is 0 Å². The van der Waals surface area contributed by atoms with Gasteiger partial charge in [0.05, 0.1) is 34.4 Å². The third kappa shape index (κ3) is 4.14. The van der Waals surface area contributed by atoms with Crippen LogP contribution in [-0.4, -0.2) is 39.6 Å². The summed E-state index contributed by atoms with van der Waals surface area (Å²) >= 11 is 3.36. The van der Waals surface area contributed by atoms with Gasteiger partial charge in [-0.15, -0.1) is 0 Å². The number of nitro benzene ring substituents is 1. The van der Waals surface area contributed by atoms with E-state index in [0.717, 1.165) is 10.2 Å². The van der Waals surface area contributed by atoms with Gasteiger partial charge in [-0.1, -0.05) is 15.9 Å². The van der Waals surface area contributed by atoms with Crippen molar-refractivity contribution in [2.45, 2.75) is 4.90 Å². The fourth-order valence-corrected chi connectivity index (χ4v) is 4.05. The molecule has 0 saturated carbocycles. The molecule has 2 aromatic rings. The van der Waals surface area contributed by atoms with Gasteiger partial charge in [0.1, 0.15) is 0 Å². The number of nitrogens with zero attached hydrogens (tertiary/aromatic N) is 2. The highest BCUT2D eigenvalue weighted by atomic mass is 79.9. The number of rotatable bonds is 5. The average Bonchev–Trinajstić information content (AvgIpc) is 2.62. The molecule has 1 heterocycles. The number of nitro groups is 1. The van der Waals surface area contributed by atoms with Crippen LogP contribution in [0.4, 0.5) is 17.1 Å². The lowest BCUT2D eigenvalue weighted by Gasteiger charge is -2.30. The zero-order valence-electron chi connectivity index (χ0n) is 13.6. The van der Waals surface area contributed by atoms with Crippen molar-refractivity contribution in [3.63, 3.8) is 0 Å². The number of anilines is 2. The van der Waals surface area contributed by atoms with Crippen LogP contribution in [0.5, 0.6) is 0 Å². The van der Waals surface area contributed by atoms with Gasteiger partial charge in [0.15, 0.2) is 0 Å². The largest absolute Gasteiger partial charge is 0.378 e. The van der Waals surface area contributed by atoms with Crippen molar-refractivity contribution in [2.24, 2.45) is 0 Å². The van der Waals surface area contributed by atoms with Gasteiger partial charge < -0.3 is 9.64 Å². The molecule has 0 atom stereocenters. The van der Waals surface area contributed by atoms with E-state index in [9.17, 15) is 18.5 Å². The zero-order valence-corrected chi connectivity index (χ0v) is 16.0. The third-order valence-electron chi connectivity index (χ3n) is 3.91. The number of non-ortho nitro benzene ring substituents is 1. The molecule has 0 radical (unpaired) electrons. The molecule has 26 heavy (non-hydrogen) atoms. The summed E-state index contributed by atoms with van der Waals surface area (Å²) in [6.07, 6.45) is 0. The Morgan fingerprint density at radius 1 is 1.12 bits per heavy atom. The molecule has 1 aliphatic heterocycles. The lowest BCUT2D eigenvalue weighted by molar-refractivity contribution is -0.384. The number of morpholine rings is 1. The highest BCUT2D eigenvalue weighted by molar-refractivity contribution is 9.10. The summed E-state index contributed by atoms with van der Waals surface area (Å²) < 4.78 is 34.0. The summed E-state index contributed by atoms with van der Waals surface area (Å²) in [7, 11) is -3.89. The molecule has 0 amide bonds. The summed E-state index contributed by atoms with van der Waals surface area (Å²) in [6.45, 7) is 2.47. The summed E-state index contributed by atoms with van der Waals surface area (Å²) in [5.41, 5.74) is 1.02. The van der Waals surface area contributed by atoms with Crippen molar-refractivity contribution in [1.29, 1.82) is 0 Å². The predicted molar refractivity (Wildman–Crippen MR) is 101 cm³/mol. The maximum Gasteiger partial charge on any atom is 0.269 e. The summed E-state index contributed by atoms with van der Waals surface area (Å²) in [6, 6.07) is 10.1. The van der Waals surface area contributed by atoms with E-state index in [-0.39, 0.29) is 10.6 Å². The standard InChI is InChI=1S/C16H16BrN3O5S/c17-12-1-6-16(19-7-9-25-10-8-19)15(11-12)18-26(23,24)14-4-2-13(3-5-14)20(21)22/h1-6,11,18H,7-10H2. The first-order valence-corrected chi connectivity index (χ1v) is 10.0. The van der Waals surface area contributed by atoms with E-state index in [1.165, 1.54) is 24.3 Å². The molecule has 0 spiro atoms. The highest BCUT2D eigenvalue weighted by Crippen LogP contribution is 2.32. The molecule has 2 aromatic carbocycles. The fraction of sp³-hybridized carbons (Fsp3) is 0.250. The molecule has 0 unspecified atom stereocenters. The summed E-state index contributed by atoms with van der Waals surface area (Å²) in [4.78, 5) is 12.2. The van der Waals surface area contributed by atoms with E-state index < -0.39 is 14.9 Å². The lowest BCUT2D eigenvalue weighted by Crippen LogP contribution is -2.36. The fourth-order valence-electron chi connectivity index (χ4n) is 2.62. The molecular weight excluding hydrogens is 426 g/mol. The predicted octanol–water partition coefficient (Wildman–Crippen LogP) is 2.99. The van der Waals surface area contributed by atoms with Gasteiger partial charge >= 0.3 is 0 Å². The van der Waals surface area contributed by atoms with E-state index in [4.69, 9.17) is 4.74 Å². The average molecular weight is 442 g/mol. The van der Waals surface area contributed by atoms with E-state index in [0.29, 0.717) is 32.0 Å². The molecule has 10 heteroatoms. The molecule has 1 aliphatic rings. The Kier molecular flexibility index (Phi) is 5.44. The monoisotopic (exact) mass is 441 g/mol. The first-order valence-electron chi connectivity index (χ1n) is 7.76. The minimum absolute atomic E-state index is 0.0454. The van der Waals surface area contributed by atoms with Crippen LogP contribution in [0.15, 0.2) is 51.8 Å². The number of hydrogen-bond donors (Lipinski definition) is 1. The van der Waals surface area contributed by atoms with E-state index in [2.05, 4.69) is 20.7 Å². The molecule has 1 saturated heterocycles. The first-order chi connectivity index (χ1) is 12.4. The zero-order chi connectivity index (χ0) is 18.7. The SMILES string of the molecule is O=[N+]([O-])c1ccc(S(=O)(=O)Nc2cc(Br)ccc2N2CCOCC2)cc1.